The molecule has 0 radical (unpaired) electrons. The van der Waals surface area contributed by atoms with Gasteiger partial charge in [-0.15, -0.1) is 11.3 Å². The fourth-order valence-electron chi connectivity index (χ4n) is 4.29. The highest BCUT2D eigenvalue weighted by Gasteiger charge is 2.46. The van der Waals surface area contributed by atoms with E-state index in [1.807, 2.05) is 24.3 Å². The number of aliphatic hydroxyl groups excluding tert-OH is 1. The first-order valence-electron chi connectivity index (χ1n) is 9.94. The molecule has 2 aliphatic heterocycles. The zero-order valence-electron chi connectivity index (χ0n) is 16.6. The van der Waals surface area contributed by atoms with Gasteiger partial charge in [0.1, 0.15) is 0 Å². The fourth-order valence-corrected chi connectivity index (χ4v) is 4.97. The summed E-state index contributed by atoms with van der Waals surface area (Å²) in [6, 6.07) is 15.4. The van der Waals surface area contributed by atoms with Gasteiger partial charge in [-0.3, -0.25) is 14.5 Å². The van der Waals surface area contributed by atoms with Crippen molar-refractivity contribution >= 4 is 39.6 Å². The van der Waals surface area contributed by atoms with Crippen LogP contribution in [0.1, 0.15) is 21.3 Å². The van der Waals surface area contributed by atoms with Crippen LogP contribution in [-0.2, 0) is 4.79 Å². The first-order valence-corrected chi connectivity index (χ1v) is 10.8. The van der Waals surface area contributed by atoms with Crippen molar-refractivity contribution in [3.8, 4) is 11.5 Å². The van der Waals surface area contributed by atoms with Gasteiger partial charge in [-0.2, -0.15) is 0 Å². The largest absolute Gasteiger partial charge is 0.503 e. The van der Waals surface area contributed by atoms with E-state index in [2.05, 4.69) is 4.98 Å². The van der Waals surface area contributed by atoms with Crippen molar-refractivity contribution in [2.24, 2.45) is 0 Å². The maximum absolute atomic E-state index is 13.4. The van der Waals surface area contributed by atoms with Crippen molar-refractivity contribution in [2.45, 2.75) is 6.04 Å². The number of carbonyl (C=O) groups excluding carboxylic acids is 2. The number of H-pyrrole nitrogens is 1. The molecule has 7 nitrogen and oxygen atoms in total. The van der Waals surface area contributed by atoms with Gasteiger partial charge in [0, 0.05) is 34.4 Å². The Balaban J connectivity index is 1.56. The molecule has 4 aromatic rings. The quantitative estimate of drug-likeness (QED) is 0.444. The Morgan fingerprint density at radius 1 is 1.09 bits per heavy atom. The van der Waals surface area contributed by atoms with E-state index in [1.165, 1.54) is 16.2 Å². The van der Waals surface area contributed by atoms with Crippen molar-refractivity contribution < 1.29 is 24.2 Å². The monoisotopic (exact) mass is 444 g/mol. The first kappa shape index (κ1) is 18.7. The molecule has 2 aromatic heterocycles. The number of ketones is 1. The molecule has 6 rings (SSSR count). The predicted octanol–water partition coefficient (Wildman–Crippen LogP) is 4.74. The fraction of sp³-hybridized carbons (Fsp3) is 0.0833. The zero-order chi connectivity index (χ0) is 21.8. The molecular weight excluding hydrogens is 428 g/mol. The highest BCUT2D eigenvalue weighted by atomic mass is 32.1. The second-order valence-electron chi connectivity index (χ2n) is 7.47. The number of hydrogen-bond acceptors (Lipinski definition) is 6. The Hall–Kier alpha value is -4.04. The van der Waals surface area contributed by atoms with Gasteiger partial charge in [-0.05, 0) is 29.6 Å². The van der Waals surface area contributed by atoms with Crippen LogP contribution in [0.25, 0.3) is 10.9 Å². The van der Waals surface area contributed by atoms with Crippen LogP contribution in [0.15, 0.2) is 77.5 Å². The van der Waals surface area contributed by atoms with E-state index in [9.17, 15) is 14.7 Å². The number of aliphatic hydroxyl groups is 1. The second kappa shape index (κ2) is 7.00. The van der Waals surface area contributed by atoms with Gasteiger partial charge in [0.25, 0.3) is 5.91 Å². The van der Waals surface area contributed by atoms with Crippen LogP contribution in [0, 0.1) is 0 Å². The van der Waals surface area contributed by atoms with Crippen LogP contribution in [0.5, 0.6) is 11.5 Å². The average Bonchev–Trinajstić information content (AvgIpc) is 3.60. The number of anilines is 1. The number of para-hydroxylation sites is 1. The summed E-state index contributed by atoms with van der Waals surface area (Å²) in [5.74, 6) is -0.471. The summed E-state index contributed by atoms with van der Waals surface area (Å²) in [4.78, 5) is 31.8. The SMILES string of the molecule is O=C(C1=C(O)C(=O)N(c2ccc3c(c2)OCO3)C1c1c[nH]c2ccccc12)c1cccs1. The van der Waals surface area contributed by atoms with E-state index in [0.717, 1.165) is 16.5 Å². The lowest BCUT2D eigenvalue weighted by Gasteiger charge is -2.26. The van der Waals surface area contributed by atoms with Gasteiger partial charge in [-0.1, -0.05) is 24.3 Å². The number of rotatable bonds is 4. The van der Waals surface area contributed by atoms with Crippen molar-refractivity contribution in [1.29, 1.82) is 0 Å². The van der Waals surface area contributed by atoms with Crippen LogP contribution in [0.3, 0.4) is 0 Å². The minimum Gasteiger partial charge on any atom is -0.503 e. The topological polar surface area (TPSA) is 91.9 Å². The minimum absolute atomic E-state index is 0.0554. The summed E-state index contributed by atoms with van der Waals surface area (Å²) in [5, 5.41) is 13.6. The molecule has 2 N–H and O–H groups in total. The van der Waals surface area contributed by atoms with Crippen LogP contribution in [-0.4, -0.2) is 28.6 Å². The minimum atomic E-state index is -0.811. The molecule has 158 valence electrons. The maximum Gasteiger partial charge on any atom is 0.294 e. The molecule has 0 saturated heterocycles. The van der Waals surface area contributed by atoms with Crippen molar-refractivity contribution in [1.82, 2.24) is 4.98 Å². The first-order chi connectivity index (χ1) is 15.6. The number of Topliss-reactive ketones (excluding diaryl/α,β-unsaturated/α-hetero) is 1. The number of ether oxygens (including phenoxy) is 2. The van der Waals surface area contributed by atoms with Crippen LogP contribution in [0.2, 0.25) is 0 Å². The van der Waals surface area contributed by atoms with E-state index >= 15 is 0 Å². The summed E-state index contributed by atoms with van der Waals surface area (Å²) in [7, 11) is 0. The van der Waals surface area contributed by atoms with E-state index < -0.39 is 17.7 Å². The summed E-state index contributed by atoms with van der Waals surface area (Å²) in [5.41, 5.74) is 2.14. The summed E-state index contributed by atoms with van der Waals surface area (Å²) >= 11 is 1.27. The molecule has 8 heteroatoms. The molecule has 0 bridgehead atoms. The molecule has 4 heterocycles. The average molecular weight is 444 g/mol. The zero-order valence-corrected chi connectivity index (χ0v) is 17.4. The molecule has 0 aliphatic carbocycles. The number of nitrogens with zero attached hydrogens (tertiary/aromatic N) is 1. The lowest BCUT2D eigenvalue weighted by Crippen LogP contribution is -2.30. The van der Waals surface area contributed by atoms with Crippen LogP contribution < -0.4 is 14.4 Å². The van der Waals surface area contributed by atoms with Gasteiger partial charge in [-0.25, -0.2) is 0 Å². The summed E-state index contributed by atoms with van der Waals surface area (Å²) in [6.07, 6.45) is 1.78. The van der Waals surface area contributed by atoms with Gasteiger partial charge >= 0.3 is 0 Å². The number of thiophene rings is 1. The molecule has 0 spiro atoms. The molecule has 1 atom stereocenters. The lowest BCUT2D eigenvalue weighted by atomic mass is 9.94. The van der Waals surface area contributed by atoms with Crippen molar-refractivity contribution in [2.75, 3.05) is 11.7 Å². The Morgan fingerprint density at radius 3 is 2.78 bits per heavy atom. The number of carbonyl (C=O) groups is 2. The predicted molar refractivity (Wildman–Crippen MR) is 119 cm³/mol. The number of hydrogen-bond donors (Lipinski definition) is 2. The molecule has 1 unspecified atom stereocenters. The number of amides is 1. The molecule has 2 aromatic carbocycles. The van der Waals surface area contributed by atoms with Gasteiger partial charge in [0.05, 0.1) is 16.5 Å². The van der Waals surface area contributed by atoms with Gasteiger partial charge < -0.3 is 19.6 Å². The van der Waals surface area contributed by atoms with Crippen molar-refractivity contribution in [3.05, 3.63) is 87.9 Å². The molecular formula is C24H16N2O5S. The Kier molecular flexibility index (Phi) is 4.09. The number of aromatic nitrogens is 1. The maximum atomic E-state index is 13.4. The number of fused-ring (bicyclic) bond motifs is 2. The lowest BCUT2D eigenvalue weighted by molar-refractivity contribution is -0.117. The van der Waals surface area contributed by atoms with Gasteiger partial charge in [0.15, 0.2) is 17.3 Å². The Morgan fingerprint density at radius 2 is 1.94 bits per heavy atom. The summed E-state index contributed by atoms with van der Waals surface area (Å²) in [6.45, 7) is 0.101. The standard InChI is InChI=1S/C24H16N2O5S/c27-22(19-6-3-9-32-19)20-21(15-11-25-16-5-2-1-4-14(15)16)26(24(29)23(20)28)13-7-8-17-18(10-13)31-12-30-17/h1-11,21,25,28H,12H2. The molecule has 2 aliphatic rings. The second-order valence-corrected chi connectivity index (χ2v) is 8.42. The van der Waals surface area contributed by atoms with E-state index in [4.69, 9.17) is 9.47 Å². The highest BCUT2D eigenvalue weighted by Crippen LogP contribution is 2.46. The van der Waals surface area contributed by atoms with Crippen LogP contribution >= 0.6 is 11.3 Å². The Labute approximate surface area is 186 Å². The number of aromatic amines is 1. The van der Waals surface area contributed by atoms with E-state index in [-0.39, 0.29) is 18.1 Å². The Bertz CT molecular complexity index is 1420. The molecule has 0 fully saturated rings. The normalized spacial score (nSPS) is 17.6. The summed E-state index contributed by atoms with van der Waals surface area (Å²) < 4.78 is 10.9. The molecule has 1 amide bonds. The third-order valence-corrected chi connectivity index (χ3v) is 6.62. The van der Waals surface area contributed by atoms with E-state index in [0.29, 0.717) is 22.1 Å². The third kappa shape index (κ3) is 2.66. The molecule has 32 heavy (non-hydrogen) atoms. The third-order valence-electron chi connectivity index (χ3n) is 5.75. The van der Waals surface area contributed by atoms with Crippen molar-refractivity contribution in [3.63, 3.8) is 0 Å². The van der Waals surface area contributed by atoms with Gasteiger partial charge in [0.2, 0.25) is 12.6 Å². The van der Waals surface area contributed by atoms with Crippen LogP contribution in [0.4, 0.5) is 5.69 Å². The van der Waals surface area contributed by atoms with E-state index in [1.54, 1.807) is 41.9 Å². The molecule has 0 saturated carbocycles. The number of benzene rings is 2. The highest BCUT2D eigenvalue weighted by molar-refractivity contribution is 7.12. The number of nitrogens with one attached hydrogen (secondary N) is 1. The smallest absolute Gasteiger partial charge is 0.294 e.